The molecule has 0 bridgehead atoms. The van der Waals surface area contributed by atoms with E-state index in [1.54, 1.807) is 13.0 Å². The molecule has 1 unspecified atom stereocenters. The lowest BCUT2D eigenvalue weighted by molar-refractivity contribution is -0.385. The number of nitriles is 1. The summed E-state index contributed by atoms with van der Waals surface area (Å²) in [5, 5.41) is 28.8. The maximum atomic E-state index is 11.5. The Bertz CT molecular complexity index is 519. The van der Waals surface area contributed by atoms with Gasteiger partial charge in [-0.25, -0.2) is 0 Å². The van der Waals surface area contributed by atoms with E-state index in [1.165, 1.54) is 12.1 Å². The molecule has 0 aliphatic heterocycles. The van der Waals surface area contributed by atoms with E-state index < -0.39 is 16.8 Å². The fourth-order valence-corrected chi connectivity index (χ4v) is 1.49. The maximum Gasteiger partial charge on any atom is 0.274 e. The first-order valence-electron chi connectivity index (χ1n) is 5.37. The number of nitro groups is 1. The van der Waals surface area contributed by atoms with Crippen LogP contribution in [0.5, 0.6) is 0 Å². The van der Waals surface area contributed by atoms with Gasteiger partial charge in [-0.05, 0) is 12.5 Å². The summed E-state index contributed by atoms with van der Waals surface area (Å²) >= 11 is 0. The number of hydrogen-bond donors (Lipinski definition) is 1. The Morgan fingerprint density at radius 2 is 2.28 bits per heavy atom. The summed E-state index contributed by atoms with van der Waals surface area (Å²) in [6, 6.07) is 5.71. The van der Waals surface area contributed by atoms with Crippen molar-refractivity contribution in [2.75, 3.05) is 0 Å². The smallest absolute Gasteiger partial charge is 0.274 e. The second kappa shape index (κ2) is 5.89. The molecule has 0 saturated carbocycles. The van der Waals surface area contributed by atoms with Crippen molar-refractivity contribution in [1.29, 1.82) is 5.26 Å². The first-order valence-corrected chi connectivity index (χ1v) is 5.37. The Kier molecular flexibility index (Phi) is 4.52. The average molecular weight is 248 g/mol. The number of aliphatic hydroxyl groups excluding tert-OH is 1. The Labute approximate surface area is 104 Å². The highest BCUT2D eigenvalue weighted by Crippen LogP contribution is 2.21. The van der Waals surface area contributed by atoms with E-state index in [4.69, 9.17) is 5.26 Å². The van der Waals surface area contributed by atoms with E-state index in [9.17, 15) is 20.0 Å². The number of benzene rings is 1. The van der Waals surface area contributed by atoms with Crippen molar-refractivity contribution >= 4 is 11.5 Å². The summed E-state index contributed by atoms with van der Waals surface area (Å²) in [5.41, 5.74) is 0.0937. The number of rotatable bonds is 5. The van der Waals surface area contributed by atoms with Gasteiger partial charge >= 0.3 is 0 Å². The largest absolute Gasteiger partial charge is 0.385 e. The first-order chi connectivity index (χ1) is 8.49. The predicted molar refractivity (Wildman–Crippen MR) is 62.8 cm³/mol. The molecule has 1 aromatic carbocycles. The molecule has 1 aromatic rings. The highest BCUT2D eigenvalue weighted by Gasteiger charge is 2.20. The summed E-state index contributed by atoms with van der Waals surface area (Å²) in [4.78, 5) is 21.7. The lowest BCUT2D eigenvalue weighted by Crippen LogP contribution is -2.21. The molecule has 0 fully saturated rings. The van der Waals surface area contributed by atoms with Crippen molar-refractivity contribution in [3.8, 4) is 6.07 Å². The summed E-state index contributed by atoms with van der Waals surface area (Å²) in [6.45, 7) is 1.65. The minimum absolute atomic E-state index is 0.161. The van der Waals surface area contributed by atoms with Crippen LogP contribution in [-0.4, -0.2) is 21.9 Å². The molecule has 1 rings (SSSR count). The average Bonchev–Trinajstić information content (AvgIpc) is 2.37. The van der Waals surface area contributed by atoms with Gasteiger partial charge in [-0.3, -0.25) is 14.9 Å². The summed E-state index contributed by atoms with van der Waals surface area (Å²) < 4.78 is 0. The maximum absolute atomic E-state index is 11.5. The highest BCUT2D eigenvalue weighted by atomic mass is 16.6. The molecule has 0 heterocycles. The number of aliphatic hydroxyl groups is 1. The molecule has 6 nitrogen and oxygen atoms in total. The number of nitro benzene ring substituents is 1. The van der Waals surface area contributed by atoms with Gasteiger partial charge in [0.2, 0.25) is 0 Å². The fraction of sp³-hybridized carbons (Fsp3) is 0.333. The van der Waals surface area contributed by atoms with Crippen LogP contribution in [0.2, 0.25) is 0 Å². The molecular weight excluding hydrogens is 236 g/mol. The van der Waals surface area contributed by atoms with E-state index in [0.717, 1.165) is 6.07 Å². The normalized spacial score (nSPS) is 11.6. The molecule has 0 radical (unpaired) electrons. The molecule has 1 N–H and O–H groups in total. The zero-order chi connectivity index (χ0) is 13.7. The third-order valence-corrected chi connectivity index (χ3v) is 2.53. The summed E-state index contributed by atoms with van der Waals surface area (Å²) in [5.74, 6) is -0.467. The minimum atomic E-state index is -1.11. The van der Waals surface area contributed by atoms with Crippen molar-refractivity contribution < 1.29 is 14.8 Å². The van der Waals surface area contributed by atoms with Crippen LogP contribution in [0.1, 0.15) is 24.5 Å². The van der Waals surface area contributed by atoms with Crippen LogP contribution in [0.4, 0.5) is 5.69 Å². The van der Waals surface area contributed by atoms with Crippen molar-refractivity contribution in [1.82, 2.24) is 0 Å². The van der Waals surface area contributed by atoms with Gasteiger partial charge in [0, 0.05) is 18.1 Å². The number of carbonyl (C=O) groups is 1. The fourth-order valence-electron chi connectivity index (χ4n) is 1.49. The number of carbonyl (C=O) groups excluding carboxylic acids is 1. The van der Waals surface area contributed by atoms with Crippen molar-refractivity contribution in [3.63, 3.8) is 0 Å². The van der Waals surface area contributed by atoms with Gasteiger partial charge in [0.05, 0.1) is 16.6 Å². The van der Waals surface area contributed by atoms with Crippen molar-refractivity contribution in [3.05, 3.63) is 39.4 Å². The monoisotopic (exact) mass is 248 g/mol. The Balaban J connectivity index is 3.06. The lowest BCUT2D eigenvalue weighted by atomic mass is 10.0. The molecule has 0 aliphatic rings. The standard InChI is InChI=1S/C12H12N2O4/c1-2-11(15)12(16)6-9-4-3-8(7-13)5-10(9)14(17)18/h3-5,11,15H,2,6H2,1H3. The highest BCUT2D eigenvalue weighted by molar-refractivity contribution is 5.85. The molecule has 0 aliphatic carbocycles. The molecule has 0 spiro atoms. The Morgan fingerprint density at radius 1 is 1.61 bits per heavy atom. The van der Waals surface area contributed by atoms with Crippen LogP contribution in [0, 0.1) is 21.4 Å². The number of ketones is 1. The number of Topliss-reactive ketones (excluding diaryl/α,β-unsaturated/α-hetero) is 1. The zero-order valence-electron chi connectivity index (χ0n) is 9.79. The summed E-state index contributed by atoms with van der Waals surface area (Å²) in [7, 11) is 0. The third kappa shape index (κ3) is 3.12. The molecule has 94 valence electrons. The van der Waals surface area contributed by atoms with Crippen LogP contribution in [0.3, 0.4) is 0 Å². The second-order valence-corrected chi connectivity index (χ2v) is 3.78. The number of nitrogens with zero attached hydrogens (tertiary/aromatic N) is 2. The van der Waals surface area contributed by atoms with Gasteiger partial charge in [0.15, 0.2) is 5.78 Å². The Morgan fingerprint density at radius 3 is 2.78 bits per heavy atom. The van der Waals surface area contributed by atoms with E-state index in [0.29, 0.717) is 0 Å². The van der Waals surface area contributed by atoms with Gasteiger partial charge in [0.25, 0.3) is 5.69 Å². The quantitative estimate of drug-likeness (QED) is 0.625. The van der Waals surface area contributed by atoms with Crippen LogP contribution >= 0.6 is 0 Å². The van der Waals surface area contributed by atoms with Crippen LogP contribution in [-0.2, 0) is 11.2 Å². The zero-order valence-corrected chi connectivity index (χ0v) is 9.79. The van der Waals surface area contributed by atoms with E-state index in [1.807, 2.05) is 0 Å². The van der Waals surface area contributed by atoms with Gasteiger partial charge < -0.3 is 5.11 Å². The van der Waals surface area contributed by atoms with E-state index in [2.05, 4.69) is 0 Å². The summed E-state index contributed by atoms with van der Waals surface area (Å²) in [6.07, 6.45) is -1.06. The SMILES string of the molecule is CCC(O)C(=O)Cc1ccc(C#N)cc1[N+](=O)[O-]. The van der Waals surface area contributed by atoms with Gasteiger partial charge in [-0.2, -0.15) is 5.26 Å². The molecular formula is C12H12N2O4. The topological polar surface area (TPSA) is 104 Å². The third-order valence-electron chi connectivity index (χ3n) is 2.53. The van der Waals surface area contributed by atoms with Crippen molar-refractivity contribution in [2.45, 2.75) is 25.9 Å². The molecule has 1 atom stereocenters. The van der Waals surface area contributed by atoms with Gasteiger partial charge in [-0.15, -0.1) is 0 Å². The lowest BCUT2D eigenvalue weighted by Gasteiger charge is -2.07. The minimum Gasteiger partial charge on any atom is -0.385 e. The van der Waals surface area contributed by atoms with Crippen LogP contribution < -0.4 is 0 Å². The molecule has 0 saturated heterocycles. The molecule has 18 heavy (non-hydrogen) atoms. The molecule has 6 heteroatoms. The van der Waals surface area contributed by atoms with E-state index in [-0.39, 0.29) is 29.7 Å². The first kappa shape index (κ1) is 13.8. The van der Waals surface area contributed by atoms with Gasteiger partial charge in [0.1, 0.15) is 6.10 Å². The molecule has 0 aromatic heterocycles. The Hall–Kier alpha value is -2.26. The van der Waals surface area contributed by atoms with Crippen LogP contribution in [0.15, 0.2) is 18.2 Å². The number of hydrogen-bond acceptors (Lipinski definition) is 5. The van der Waals surface area contributed by atoms with Crippen LogP contribution in [0.25, 0.3) is 0 Å². The van der Waals surface area contributed by atoms with Crippen molar-refractivity contribution in [2.24, 2.45) is 0 Å². The van der Waals surface area contributed by atoms with E-state index >= 15 is 0 Å². The molecule has 0 amide bonds. The second-order valence-electron chi connectivity index (χ2n) is 3.78. The van der Waals surface area contributed by atoms with Gasteiger partial charge in [-0.1, -0.05) is 13.0 Å². The predicted octanol–water partition coefficient (Wildman–Crippen LogP) is 1.35.